The van der Waals surface area contributed by atoms with Crippen LogP contribution in [0.2, 0.25) is 0 Å². The van der Waals surface area contributed by atoms with Gasteiger partial charge >= 0.3 is 29.8 Å². The highest BCUT2D eigenvalue weighted by Crippen LogP contribution is 2.15. The van der Waals surface area contributed by atoms with Crippen molar-refractivity contribution in [2.24, 2.45) is 0 Å². The van der Waals surface area contributed by atoms with Gasteiger partial charge in [0.25, 0.3) is 11.8 Å². The lowest BCUT2D eigenvalue weighted by Crippen LogP contribution is -2.51. The minimum atomic E-state index is -1.33. The van der Waals surface area contributed by atoms with Crippen molar-refractivity contribution in [1.82, 2.24) is 19.6 Å². The van der Waals surface area contributed by atoms with E-state index >= 15 is 0 Å². The van der Waals surface area contributed by atoms with E-state index in [4.69, 9.17) is 10.2 Å². The fraction of sp³-hybridized carbons (Fsp3) is 0.469. The fourth-order valence-corrected chi connectivity index (χ4v) is 5.28. The number of hydrogen-bond acceptors (Lipinski definition) is 12. The molecule has 0 aromatic heterocycles. The summed E-state index contributed by atoms with van der Waals surface area (Å²) in [6.45, 7) is -4.06. The third-order valence-corrected chi connectivity index (χ3v) is 7.51. The van der Waals surface area contributed by atoms with Crippen LogP contribution in [-0.4, -0.2) is 163 Å². The number of ketones is 2. The first-order valence-corrected chi connectivity index (χ1v) is 15.4. The summed E-state index contributed by atoms with van der Waals surface area (Å²) in [5.41, 5.74) is 1.23. The molecule has 1 heterocycles. The normalized spacial score (nSPS) is 13.3. The fourth-order valence-electron chi connectivity index (χ4n) is 5.28. The molecule has 18 heteroatoms. The molecule has 1 aromatic carbocycles. The summed E-state index contributed by atoms with van der Waals surface area (Å²) in [6.07, 6.45) is 2.54. The second-order valence-electron chi connectivity index (χ2n) is 11.7. The van der Waals surface area contributed by atoms with Gasteiger partial charge in [-0.2, -0.15) is 0 Å². The quantitative estimate of drug-likeness (QED) is 0.0702. The van der Waals surface area contributed by atoms with Gasteiger partial charge in [-0.05, 0) is 24.0 Å². The molecule has 0 bridgehead atoms. The van der Waals surface area contributed by atoms with Crippen molar-refractivity contribution < 1.29 is 68.7 Å². The Hall–Kier alpha value is -5.33. The molecule has 2 rings (SSSR count). The van der Waals surface area contributed by atoms with Crippen molar-refractivity contribution in [3.63, 3.8) is 0 Å². The van der Waals surface area contributed by atoms with E-state index in [0.29, 0.717) is 11.1 Å². The number of benzene rings is 1. The summed E-state index contributed by atoms with van der Waals surface area (Å²) in [5.74, 6) is -8.21. The largest absolute Gasteiger partial charge is 0.480 e. The zero-order valence-electron chi connectivity index (χ0n) is 27.1. The number of carboxylic acid groups (broad SMARTS) is 5. The number of Topliss-reactive ketones (excluding diaryl/α,β-unsaturated/α-hetero) is 2. The van der Waals surface area contributed by atoms with Gasteiger partial charge in [0.15, 0.2) is 5.78 Å². The van der Waals surface area contributed by atoms with Crippen molar-refractivity contribution in [3.05, 3.63) is 47.5 Å². The van der Waals surface area contributed by atoms with Crippen LogP contribution in [0.15, 0.2) is 36.4 Å². The monoisotopic (exact) mass is 704 g/mol. The Morgan fingerprint density at radius 2 is 1.04 bits per heavy atom. The van der Waals surface area contributed by atoms with Crippen LogP contribution in [-0.2, 0) is 56.0 Å². The van der Waals surface area contributed by atoms with Crippen LogP contribution in [0, 0.1) is 0 Å². The van der Waals surface area contributed by atoms with Crippen molar-refractivity contribution in [1.29, 1.82) is 0 Å². The van der Waals surface area contributed by atoms with Gasteiger partial charge in [-0.25, -0.2) is 0 Å². The van der Waals surface area contributed by atoms with E-state index in [2.05, 4.69) is 0 Å². The lowest BCUT2D eigenvalue weighted by molar-refractivity contribution is -0.144. The van der Waals surface area contributed by atoms with Crippen molar-refractivity contribution in [2.45, 2.75) is 38.1 Å². The van der Waals surface area contributed by atoms with Crippen molar-refractivity contribution in [3.8, 4) is 0 Å². The van der Waals surface area contributed by atoms with Gasteiger partial charge in [0.2, 0.25) is 0 Å². The van der Waals surface area contributed by atoms with E-state index in [9.17, 15) is 58.5 Å². The Balaban J connectivity index is 2.11. The Morgan fingerprint density at radius 1 is 0.600 bits per heavy atom. The Morgan fingerprint density at radius 3 is 1.54 bits per heavy atom. The molecule has 18 nitrogen and oxygen atoms in total. The minimum Gasteiger partial charge on any atom is -0.480 e. The maximum Gasteiger partial charge on any atom is 0.317 e. The van der Waals surface area contributed by atoms with Gasteiger partial charge in [-0.3, -0.25) is 62.8 Å². The molecule has 50 heavy (non-hydrogen) atoms. The van der Waals surface area contributed by atoms with E-state index < -0.39 is 80.4 Å². The molecule has 0 aliphatic carbocycles. The highest BCUT2D eigenvalue weighted by molar-refractivity contribution is 6.14. The second-order valence-corrected chi connectivity index (χ2v) is 11.7. The lowest BCUT2D eigenvalue weighted by atomic mass is 9.99. The summed E-state index contributed by atoms with van der Waals surface area (Å²) >= 11 is 0. The van der Waals surface area contributed by atoms with Crippen LogP contribution in [0.25, 0.3) is 0 Å². The molecule has 272 valence electrons. The summed E-state index contributed by atoms with van der Waals surface area (Å²) in [6, 6.07) is 5.73. The highest BCUT2D eigenvalue weighted by Gasteiger charge is 2.28. The summed E-state index contributed by atoms with van der Waals surface area (Å²) in [5, 5.41) is 46.8. The average molecular weight is 705 g/mol. The smallest absolute Gasteiger partial charge is 0.317 e. The molecule has 1 aromatic rings. The number of rotatable bonds is 26. The highest BCUT2D eigenvalue weighted by atomic mass is 16.4. The third-order valence-electron chi connectivity index (χ3n) is 7.51. The zero-order chi connectivity index (χ0) is 37.4. The van der Waals surface area contributed by atoms with E-state index in [1.807, 2.05) is 0 Å². The minimum absolute atomic E-state index is 0.00234. The molecule has 5 N–H and O–H groups in total. The number of nitrogens with zero attached hydrogens (tertiary/aromatic N) is 4. The third kappa shape index (κ3) is 15.7. The first-order chi connectivity index (χ1) is 23.5. The number of carbonyl (C=O) groups is 9. The van der Waals surface area contributed by atoms with Crippen LogP contribution in [0.3, 0.4) is 0 Å². The van der Waals surface area contributed by atoms with E-state index in [1.165, 1.54) is 4.90 Å². The SMILES string of the molecule is O=C(O)CN(CCN(CC(=O)O)C[C@@H](Cc1ccc(CC(=O)CCCC(=O)CN2C(=O)C=CC2=O)cc1)N(CC(=O)O)CC(=O)O)CC(=O)O. The van der Waals surface area contributed by atoms with E-state index in [1.54, 1.807) is 24.3 Å². The maximum atomic E-state index is 12.6. The van der Waals surface area contributed by atoms with Gasteiger partial charge in [-0.15, -0.1) is 0 Å². The van der Waals surface area contributed by atoms with E-state index in [-0.39, 0.29) is 69.8 Å². The molecular formula is C32H40N4O14. The van der Waals surface area contributed by atoms with Crippen molar-refractivity contribution in [2.75, 3.05) is 58.9 Å². The van der Waals surface area contributed by atoms with Gasteiger partial charge in [-0.1, -0.05) is 24.3 Å². The molecule has 2 amide bonds. The number of aliphatic carboxylic acids is 5. The standard InChI is InChI=1S/C32H40N4O14/c37-24(2-1-3-25(38)15-36-26(39)8-9-27(36)40)13-22-6-4-21(5-7-22)12-23(35(19-31(47)48)20-32(49)50)14-33(16-28(41)42)10-11-34(17-29(43)44)18-30(45)46/h4-9,23H,1-3,10-20H2,(H,41,42)(H,43,44)(H,45,46)(H,47,48)(H,49,50)/t23-/m1/s1. The molecule has 0 radical (unpaired) electrons. The van der Waals surface area contributed by atoms with Crippen molar-refractivity contribution >= 4 is 53.2 Å². The maximum absolute atomic E-state index is 12.6. The first-order valence-electron chi connectivity index (χ1n) is 15.4. The van der Waals surface area contributed by atoms with Crippen LogP contribution in [0.5, 0.6) is 0 Å². The number of amides is 2. The molecule has 0 unspecified atom stereocenters. The van der Waals surface area contributed by atoms with Crippen LogP contribution in [0.4, 0.5) is 0 Å². The molecule has 0 saturated carbocycles. The number of hydrogen-bond donors (Lipinski definition) is 5. The van der Waals surface area contributed by atoms with Gasteiger partial charge in [0.05, 0.1) is 39.3 Å². The molecule has 0 spiro atoms. The van der Waals surface area contributed by atoms with Crippen LogP contribution in [0.1, 0.15) is 30.4 Å². The lowest BCUT2D eigenvalue weighted by Gasteiger charge is -2.34. The molecule has 0 fully saturated rings. The van der Waals surface area contributed by atoms with Crippen LogP contribution < -0.4 is 0 Å². The number of carboxylic acids is 5. The molecule has 1 atom stereocenters. The van der Waals surface area contributed by atoms with Crippen LogP contribution >= 0.6 is 0 Å². The number of carbonyl (C=O) groups excluding carboxylic acids is 4. The predicted octanol–water partition coefficient (Wildman–Crippen LogP) is -1.30. The zero-order valence-corrected chi connectivity index (χ0v) is 27.1. The summed E-state index contributed by atoms with van der Waals surface area (Å²) in [4.78, 5) is 110. The second kappa shape index (κ2) is 20.2. The van der Waals surface area contributed by atoms with Gasteiger partial charge in [0.1, 0.15) is 5.78 Å². The Kier molecular flexibility index (Phi) is 16.5. The van der Waals surface area contributed by atoms with Gasteiger partial charge < -0.3 is 25.5 Å². The molecule has 0 saturated heterocycles. The molecule has 1 aliphatic heterocycles. The molecular weight excluding hydrogens is 664 g/mol. The predicted molar refractivity (Wildman–Crippen MR) is 170 cm³/mol. The Labute approximate surface area is 286 Å². The average Bonchev–Trinajstić information content (AvgIpc) is 3.30. The summed E-state index contributed by atoms with van der Waals surface area (Å²) in [7, 11) is 0. The topological polar surface area (TPSA) is 268 Å². The molecule has 1 aliphatic rings. The van der Waals surface area contributed by atoms with Gasteiger partial charge in [0, 0.05) is 57.1 Å². The first kappa shape index (κ1) is 40.8. The Bertz CT molecular complexity index is 1430. The number of imide groups is 1. The summed E-state index contributed by atoms with van der Waals surface area (Å²) < 4.78 is 0. The van der Waals surface area contributed by atoms with E-state index in [0.717, 1.165) is 26.9 Å².